The van der Waals surface area contributed by atoms with E-state index in [1.165, 1.54) is 5.56 Å². The molecule has 0 aromatic heterocycles. The smallest absolute Gasteiger partial charge is 0.304 e. The average Bonchev–Trinajstić information content (AvgIpc) is 2.85. The van der Waals surface area contributed by atoms with Gasteiger partial charge in [0, 0.05) is 24.6 Å². The van der Waals surface area contributed by atoms with Gasteiger partial charge in [-0.25, -0.2) is 0 Å². The van der Waals surface area contributed by atoms with E-state index in [0.29, 0.717) is 18.7 Å². The van der Waals surface area contributed by atoms with E-state index in [1.54, 1.807) is 12.1 Å². The molecule has 0 aliphatic carbocycles. The van der Waals surface area contributed by atoms with Gasteiger partial charge in [-0.05, 0) is 103 Å². The maximum Gasteiger partial charge on any atom is 0.304 e. The molecule has 1 aliphatic rings. The van der Waals surface area contributed by atoms with Crippen molar-refractivity contribution in [1.29, 1.82) is 5.26 Å². The third kappa shape index (κ3) is 4.77. The molecule has 1 amide bonds. The lowest BCUT2D eigenvalue weighted by Crippen LogP contribution is -2.37. The fourth-order valence-corrected chi connectivity index (χ4v) is 5.38. The first-order valence-electron chi connectivity index (χ1n) is 12.3. The quantitative estimate of drug-likeness (QED) is 0.493. The van der Waals surface area contributed by atoms with Crippen LogP contribution in [0.2, 0.25) is 0 Å². The highest BCUT2D eigenvalue weighted by molar-refractivity contribution is 5.98. The predicted octanol–water partition coefficient (Wildman–Crippen LogP) is 5.91. The Hall–Kier alpha value is -3.91. The van der Waals surface area contributed by atoms with Crippen molar-refractivity contribution in [2.45, 2.75) is 59.9 Å². The first-order chi connectivity index (χ1) is 17.1. The molecule has 0 bridgehead atoms. The highest BCUT2D eigenvalue weighted by atomic mass is 16.4. The standard InChI is InChI=1S/C31H32N2O3/c1-18-12-19(2)22(5)30(21(18)4)31(36)33-11-10-24-7-8-25(14-26(24)17-33)28(15-29(34)35)27-9-6-23(16-32)13-20(27)3/h6-9,12-14,28H,10-11,15,17H2,1-5H3,(H,34,35). The average molecular weight is 481 g/mol. The summed E-state index contributed by atoms with van der Waals surface area (Å²) < 4.78 is 0. The van der Waals surface area contributed by atoms with Gasteiger partial charge in [-0.2, -0.15) is 5.26 Å². The van der Waals surface area contributed by atoms with Gasteiger partial charge in [0.25, 0.3) is 5.91 Å². The molecule has 0 fully saturated rings. The fraction of sp³-hybridized carbons (Fsp3) is 0.323. The summed E-state index contributed by atoms with van der Waals surface area (Å²) in [6.45, 7) is 11.2. The van der Waals surface area contributed by atoms with Crippen LogP contribution >= 0.6 is 0 Å². The molecule has 0 saturated carbocycles. The van der Waals surface area contributed by atoms with Gasteiger partial charge in [0.1, 0.15) is 0 Å². The van der Waals surface area contributed by atoms with Crippen LogP contribution < -0.4 is 0 Å². The predicted molar refractivity (Wildman–Crippen MR) is 140 cm³/mol. The van der Waals surface area contributed by atoms with E-state index in [1.807, 2.05) is 51.7 Å². The van der Waals surface area contributed by atoms with Crippen molar-refractivity contribution in [3.8, 4) is 6.07 Å². The van der Waals surface area contributed by atoms with Crippen molar-refractivity contribution < 1.29 is 14.7 Å². The Kier molecular flexibility index (Phi) is 6.99. The summed E-state index contributed by atoms with van der Waals surface area (Å²) in [4.78, 5) is 27.4. The van der Waals surface area contributed by atoms with Crippen LogP contribution in [-0.2, 0) is 17.8 Å². The lowest BCUT2D eigenvalue weighted by Gasteiger charge is -2.31. The SMILES string of the molecule is Cc1cc(C#N)ccc1C(CC(=O)O)c1ccc2c(c1)CN(C(=O)c1c(C)c(C)cc(C)c1C)CC2. The normalized spacial score (nSPS) is 13.6. The van der Waals surface area contributed by atoms with Crippen LogP contribution in [0.4, 0.5) is 0 Å². The summed E-state index contributed by atoms with van der Waals surface area (Å²) in [6.07, 6.45) is 0.721. The van der Waals surface area contributed by atoms with Gasteiger partial charge in [-0.3, -0.25) is 9.59 Å². The second kappa shape index (κ2) is 9.99. The monoisotopic (exact) mass is 480 g/mol. The van der Waals surface area contributed by atoms with Gasteiger partial charge < -0.3 is 10.0 Å². The number of nitriles is 1. The van der Waals surface area contributed by atoms with E-state index >= 15 is 0 Å². The van der Waals surface area contributed by atoms with Gasteiger partial charge in [-0.15, -0.1) is 0 Å². The maximum absolute atomic E-state index is 13.7. The minimum Gasteiger partial charge on any atom is -0.481 e. The Morgan fingerprint density at radius 3 is 2.25 bits per heavy atom. The summed E-state index contributed by atoms with van der Waals surface area (Å²) in [7, 11) is 0. The molecule has 1 unspecified atom stereocenters. The number of carboxylic acids is 1. The third-order valence-electron chi connectivity index (χ3n) is 7.67. The van der Waals surface area contributed by atoms with E-state index in [4.69, 9.17) is 0 Å². The molecule has 1 atom stereocenters. The number of aliphatic carboxylic acids is 1. The maximum atomic E-state index is 13.7. The van der Waals surface area contributed by atoms with Gasteiger partial charge in [-0.1, -0.05) is 30.3 Å². The van der Waals surface area contributed by atoms with Crippen molar-refractivity contribution in [2.75, 3.05) is 6.54 Å². The minimum absolute atomic E-state index is 0.0465. The van der Waals surface area contributed by atoms with Crippen LogP contribution in [0.25, 0.3) is 0 Å². The second-order valence-corrected chi connectivity index (χ2v) is 9.97. The van der Waals surface area contributed by atoms with Gasteiger partial charge in [0.2, 0.25) is 0 Å². The van der Waals surface area contributed by atoms with Crippen LogP contribution in [0, 0.1) is 45.9 Å². The molecule has 0 spiro atoms. The zero-order valence-electron chi connectivity index (χ0n) is 21.6. The second-order valence-electron chi connectivity index (χ2n) is 9.97. The number of carbonyl (C=O) groups is 2. The lowest BCUT2D eigenvalue weighted by molar-refractivity contribution is -0.137. The molecule has 184 valence electrons. The molecule has 3 aromatic carbocycles. The van der Waals surface area contributed by atoms with Crippen molar-refractivity contribution in [1.82, 2.24) is 4.90 Å². The first kappa shape index (κ1) is 25.2. The zero-order chi connectivity index (χ0) is 26.1. The van der Waals surface area contributed by atoms with Crippen LogP contribution in [-0.4, -0.2) is 28.4 Å². The molecular formula is C31H32N2O3. The van der Waals surface area contributed by atoms with E-state index < -0.39 is 5.97 Å². The molecule has 36 heavy (non-hydrogen) atoms. The number of aryl methyl sites for hydroxylation is 3. The molecular weight excluding hydrogens is 448 g/mol. The molecule has 1 N–H and O–H groups in total. The summed E-state index contributed by atoms with van der Waals surface area (Å²) in [5, 5.41) is 18.9. The van der Waals surface area contributed by atoms with E-state index in [2.05, 4.69) is 24.3 Å². The molecule has 0 radical (unpaired) electrons. The van der Waals surface area contributed by atoms with Crippen molar-refractivity contribution in [3.05, 3.63) is 104 Å². The third-order valence-corrected chi connectivity index (χ3v) is 7.67. The van der Waals surface area contributed by atoms with Gasteiger partial charge in [0.05, 0.1) is 18.1 Å². The van der Waals surface area contributed by atoms with Crippen LogP contribution in [0.5, 0.6) is 0 Å². The molecule has 4 rings (SSSR count). The molecule has 5 heteroatoms. The summed E-state index contributed by atoms with van der Waals surface area (Å²) in [6, 6.07) is 15.8. The van der Waals surface area contributed by atoms with E-state index in [-0.39, 0.29) is 18.2 Å². The zero-order valence-corrected chi connectivity index (χ0v) is 21.6. The van der Waals surface area contributed by atoms with E-state index in [0.717, 1.165) is 56.5 Å². The number of benzene rings is 3. The molecule has 0 saturated heterocycles. The first-order valence-corrected chi connectivity index (χ1v) is 12.3. The molecule has 1 aliphatic heterocycles. The van der Waals surface area contributed by atoms with Crippen molar-refractivity contribution in [2.24, 2.45) is 0 Å². The fourth-order valence-electron chi connectivity index (χ4n) is 5.38. The number of hydrogen-bond acceptors (Lipinski definition) is 3. The molecule has 3 aromatic rings. The molecule has 1 heterocycles. The Morgan fingerprint density at radius 2 is 1.64 bits per heavy atom. The lowest BCUT2D eigenvalue weighted by atomic mass is 9.83. The largest absolute Gasteiger partial charge is 0.481 e. The number of carbonyl (C=O) groups excluding carboxylic acids is 1. The topological polar surface area (TPSA) is 81.4 Å². The molecule has 5 nitrogen and oxygen atoms in total. The number of carboxylic acid groups (broad SMARTS) is 1. The Labute approximate surface area is 213 Å². The van der Waals surface area contributed by atoms with Gasteiger partial charge >= 0.3 is 5.97 Å². The summed E-state index contributed by atoms with van der Waals surface area (Å²) >= 11 is 0. The minimum atomic E-state index is -0.876. The Morgan fingerprint density at radius 1 is 0.944 bits per heavy atom. The highest BCUT2D eigenvalue weighted by Crippen LogP contribution is 2.34. The number of hydrogen-bond donors (Lipinski definition) is 1. The number of nitrogens with zero attached hydrogens (tertiary/aromatic N) is 2. The van der Waals surface area contributed by atoms with Crippen LogP contribution in [0.1, 0.15) is 78.3 Å². The Balaban J connectivity index is 1.69. The summed E-state index contributed by atoms with van der Waals surface area (Å²) in [5.41, 5.74) is 10.6. The van der Waals surface area contributed by atoms with E-state index in [9.17, 15) is 20.0 Å². The highest BCUT2D eigenvalue weighted by Gasteiger charge is 2.27. The van der Waals surface area contributed by atoms with Crippen LogP contribution in [0.15, 0.2) is 42.5 Å². The van der Waals surface area contributed by atoms with Crippen molar-refractivity contribution in [3.63, 3.8) is 0 Å². The van der Waals surface area contributed by atoms with Crippen molar-refractivity contribution >= 4 is 11.9 Å². The Bertz CT molecular complexity index is 1390. The summed E-state index contributed by atoms with van der Waals surface area (Å²) in [5.74, 6) is -1.16. The van der Waals surface area contributed by atoms with Crippen LogP contribution in [0.3, 0.4) is 0 Å². The number of rotatable bonds is 5. The van der Waals surface area contributed by atoms with Gasteiger partial charge in [0.15, 0.2) is 0 Å². The number of amides is 1. The number of fused-ring (bicyclic) bond motifs is 1.